The molecule has 1 spiro atoms. The molecule has 1 saturated carbocycles. The number of halogens is 1. The van der Waals surface area contributed by atoms with E-state index in [0.29, 0.717) is 17.2 Å². The summed E-state index contributed by atoms with van der Waals surface area (Å²) in [5.74, 6) is 0.633. The van der Waals surface area contributed by atoms with E-state index >= 15 is 0 Å². The number of hydrogen-bond acceptors (Lipinski definition) is 4. The number of carbonyl (C=O) groups excluding carboxylic acids is 1. The number of hydrogen-bond donors (Lipinski definition) is 2. The summed E-state index contributed by atoms with van der Waals surface area (Å²) in [6.07, 6.45) is 1.69. The second kappa shape index (κ2) is 2.61. The molecule has 2 aliphatic rings. The lowest BCUT2D eigenvalue weighted by Crippen LogP contribution is -2.41. The molecule has 78 valence electrons. The molecule has 6 heteroatoms. The molecule has 5 nitrogen and oxygen atoms in total. The van der Waals surface area contributed by atoms with Crippen molar-refractivity contribution in [3.63, 3.8) is 0 Å². The first-order chi connectivity index (χ1) is 7.11. The molecule has 1 aromatic heterocycles. The van der Waals surface area contributed by atoms with Gasteiger partial charge in [0, 0.05) is 0 Å². The highest BCUT2D eigenvalue weighted by Gasteiger charge is 2.53. The van der Waals surface area contributed by atoms with Crippen molar-refractivity contribution in [2.45, 2.75) is 25.3 Å². The minimum atomic E-state index is -0.433. The highest BCUT2D eigenvalue weighted by Crippen LogP contribution is 2.44. The van der Waals surface area contributed by atoms with E-state index in [1.807, 2.05) is 0 Å². The molecule has 1 fully saturated rings. The fraction of sp³-hybridized carbons (Fsp3) is 0.444. The van der Waals surface area contributed by atoms with E-state index in [-0.39, 0.29) is 11.2 Å². The molecule has 0 bridgehead atoms. The SMILES string of the molecule is Cc1nc(Cl)nc2c1NC(=O)C1(CC1)N2. The van der Waals surface area contributed by atoms with Crippen LogP contribution >= 0.6 is 11.6 Å². The summed E-state index contributed by atoms with van der Waals surface area (Å²) >= 11 is 5.76. The molecule has 1 amide bonds. The molecule has 0 aromatic carbocycles. The molecule has 0 unspecified atom stereocenters. The van der Waals surface area contributed by atoms with E-state index in [4.69, 9.17) is 11.6 Å². The van der Waals surface area contributed by atoms with Crippen LogP contribution in [0.1, 0.15) is 18.5 Å². The molecular formula is C9H9ClN4O. The smallest absolute Gasteiger partial charge is 0.250 e. The van der Waals surface area contributed by atoms with E-state index in [1.54, 1.807) is 6.92 Å². The fourth-order valence-corrected chi connectivity index (χ4v) is 1.98. The van der Waals surface area contributed by atoms with Gasteiger partial charge >= 0.3 is 0 Å². The van der Waals surface area contributed by atoms with Crippen molar-refractivity contribution in [1.82, 2.24) is 9.97 Å². The summed E-state index contributed by atoms with van der Waals surface area (Å²) in [5, 5.41) is 6.15. The third-order valence-corrected chi connectivity index (χ3v) is 3.01. The number of nitrogens with zero attached hydrogens (tertiary/aromatic N) is 2. The quantitative estimate of drug-likeness (QED) is 0.653. The van der Waals surface area contributed by atoms with E-state index in [0.717, 1.165) is 12.8 Å². The molecule has 1 aliphatic heterocycles. The minimum absolute atomic E-state index is 0.00372. The Morgan fingerprint density at radius 3 is 2.80 bits per heavy atom. The van der Waals surface area contributed by atoms with Gasteiger partial charge in [0.1, 0.15) is 11.2 Å². The first-order valence-corrected chi connectivity index (χ1v) is 5.12. The van der Waals surface area contributed by atoms with Crippen molar-refractivity contribution in [1.29, 1.82) is 0 Å². The lowest BCUT2D eigenvalue weighted by Gasteiger charge is -2.26. The third kappa shape index (κ3) is 1.19. The van der Waals surface area contributed by atoms with Gasteiger partial charge in [0.25, 0.3) is 0 Å². The normalized spacial score (nSPS) is 20.5. The summed E-state index contributed by atoms with van der Waals surface area (Å²) in [6.45, 7) is 1.79. The van der Waals surface area contributed by atoms with Crippen LogP contribution in [0.5, 0.6) is 0 Å². The Kier molecular flexibility index (Phi) is 1.55. The van der Waals surface area contributed by atoms with Gasteiger partial charge in [-0.3, -0.25) is 4.79 Å². The number of carbonyl (C=O) groups is 1. The van der Waals surface area contributed by atoms with E-state index in [9.17, 15) is 4.79 Å². The second-order valence-corrected chi connectivity index (χ2v) is 4.30. The second-order valence-electron chi connectivity index (χ2n) is 3.96. The summed E-state index contributed by atoms with van der Waals surface area (Å²) in [7, 11) is 0. The molecule has 3 rings (SSSR count). The Labute approximate surface area is 91.2 Å². The van der Waals surface area contributed by atoms with Crippen LogP contribution in [0.3, 0.4) is 0 Å². The van der Waals surface area contributed by atoms with Gasteiger partial charge in [0.2, 0.25) is 11.2 Å². The van der Waals surface area contributed by atoms with Crippen LogP contribution < -0.4 is 10.6 Å². The average molecular weight is 225 g/mol. The number of amides is 1. The van der Waals surface area contributed by atoms with Gasteiger partial charge < -0.3 is 10.6 Å². The third-order valence-electron chi connectivity index (χ3n) is 2.84. The van der Waals surface area contributed by atoms with Gasteiger partial charge in [-0.2, -0.15) is 4.98 Å². The maximum absolute atomic E-state index is 11.7. The predicted octanol–water partition coefficient (Wildman–Crippen LogP) is 1.34. The zero-order valence-electron chi connectivity index (χ0n) is 8.09. The van der Waals surface area contributed by atoms with E-state index < -0.39 is 5.54 Å². The van der Waals surface area contributed by atoms with Crippen LogP contribution in [0.15, 0.2) is 0 Å². The van der Waals surface area contributed by atoms with Crippen LogP contribution in [-0.2, 0) is 4.79 Å². The number of fused-ring (bicyclic) bond motifs is 1. The zero-order valence-corrected chi connectivity index (χ0v) is 8.85. The molecule has 15 heavy (non-hydrogen) atoms. The van der Waals surface area contributed by atoms with Gasteiger partial charge in [0.05, 0.1) is 5.69 Å². The molecule has 0 radical (unpaired) electrons. The lowest BCUT2D eigenvalue weighted by molar-refractivity contribution is -0.117. The van der Waals surface area contributed by atoms with Crippen LogP contribution in [0.25, 0.3) is 0 Å². The van der Waals surface area contributed by atoms with Gasteiger partial charge in [-0.1, -0.05) is 0 Å². The van der Waals surface area contributed by atoms with Crippen molar-refractivity contribution in [2.75, 3.05) is 10.6 Å². The Morgan fingerprint density at radius 1 is 1.40 bits per heavy atom. The number of anilines is 2. The number of aromatic nitrogens is 2. The average Bonchev–Trinajstić information content (AvgIpc) is 2.90. The highest BCUT2D eigenvalue weighted by atomic mass is 35.5. The van der Waals surface area contributed by atoms with Crippen LogP contribution in [-0.4, -0.2) is 21.4 Å². The fourth-order valence-electron chi connectivity index (χ4n) is 1.77. The number of rotatable bonds is 0. The number of aryl methyl sites for hydroxylation is 1. The summed E-state index contributed by atoms with van der Waals surface area (Å²) in [4.78, 5) is 19.8. The standard InChI is InChI=1S/C9H9ClN4O/c1-4-5-6(13-8(10)11-4)14-9(2-3-9)7(15)12-5/h2-3H2,1H3,(H,12,15)(H,11,13,14). The summed E-state index contributed by atoms with van der Waals surface area (Å²) in [6, 6.07) is 0. The van der Waals surface area contributed by atoms with Crippen LogP contribution in [0.2, 0.25) is 5.28 Å². The molecule has 0 atom stereocenters. The van der Waals surface area contributed by atoms with Gasteiger partial charge in [-0.05, 0) is 31.4 Å². The van der Waals surface area contributed by atoms with Crippen LogP contribution in [0.4, 0.5) is 11.5 Å². The van der Waals surface area contributed by atoms with Gasteiger partial charge in [0.15, 0.2) is 5.82 Å². The topological polar surface area (TPSA) is 66.9 Å². The Bertz CT molecular complexity index is 469. The van der Waals surface area contributed by atoms with Gasteiger partial charge in [-0.25, -0.2) is 4.98 Å². The van der Waals surface area contributed by atoms with E-state index in [2.05, 4.69) is 20.6 Å². The first-order valence-electron chi connectivity index (χ1n) is 4.74. The molecule has 0 saturated heterocycles. The van der Waals surface area contributed by atoms with Crippen molar-refractivity contribution in [3.8, 4) is 0 Å². The number of nitrogens with one attached hydrogen (secondary N) is 2. The molecule has 2 heterocycles. The Morgan fingerprint density at radius 2 is 2.13 bits per heavy atom. The van der Waals surface area contributed by atoms with Crippen molar-refractivity contribution in [3.05, 3.63) is 11.0 Å². The zero-order chi connectivity index (χ0) is 10.6. The maximum Gasteiger partial charge on any atom is 0.250 e. The largest absolute Gasteiger partial charge is 0.354 e. The Balaban J connectivity index is 2.12. The first kappa shape index (κ1) is 8.91. The molecular weight excluding hydrogens is 216 g/mol. The molecule has 1 aromatic rings. The predicted molar refractivity (Wildman–Crippen MR) is 56.0 cm³/mol. The minimum Gasteiger partial charge on any atom is -0.354 e. The van der Waals surface area contributed by atoms with E-state index in [1.165, 1.54) is 0 Å². The highest BCUT2D eigenvalue weighted by molar-refractivity contribution is 6.28. The summed E-state index contributed by atoms with van der Waals surface area (Å²) in [5.41, 5.74) is 0.889. The van der Waals surface area contributed by atoms with Crippen molar-refractivity contribution < 1.29 is 4.79 Å². The Hall–Kier alpha value is -1.36. The lowest BCUT2D eigenvalue weighted by atomic mass is 10.1. The monoisotopic (exact) mass is 224 g/mol. The molecule has 2 N–H and O–H groups in total. The van der Waals surface area contributed by atoms with Crippen molar-refractivity contribution in [2.24, 2.45) is 0 Å². The maximum atomic E-state index is 11.7. The van der Waals surface area contributed by atoms with Crippen LogP contribution in [0, 0.1) is 6.92 Å². The summed E-state index contributed by atoms with van der Waals surface area (Å²) < 4.78 is 0. The van der Waals surface area contributed by atoms with Gasteiger partial charge in [-0.15, -0.1) is 0 Å². The molecule has 1 aliphatic carbocycles. The van der Waals surface area contributed by atoms with Crippen molar-refractivity contribution >= 4 is 29.0 Å².